The highest BCUT2D eigenvalue weighted by atomic mass is 32.2. The van der Waals surface area contributed by atoms with Crippen molar-refractivity contribution in [3.8, 4) is 0 Å². The number of hydrogen-bond donors (Lipinski definition) is 1. The van der Waals surface area contributed by atoms with E-state index in [-0.39, 0.29) is 26.2 Å². The maximum Gasteiger partial charge on any atom is 0.417 e. The van der Waals surface area contributed by atoms with E-state index in [1.165, 1.54) is 12.1 Å². The fourth-order valence-corrected chi connectivity index (χ4v) is 3.96. The molecule has 1 amide bonds. The van der Waals surface area contributed by atoms with Gasteiger partial charge in [0.05, 0.1) is 6.42 Å². The first-order chi connectivity index (χ1) is 11.9. The van der Waals surface area contributed by atoms with Crippen molar-refractivity contribution in [2.24, 2.45) is 0 Å². The van der Waals surface area contributed by atoms with Gasteiger partial charge >= 0.3 is 6.18 Å². The van der Waals surface area contributed by atoms with Gasteiger partial charge in [-0.05, 0) is 19.1 Å². The molecule has 1 fully saturated rings. The number of carbonyl (C=O) groups excluding carboxylic acids is 1. The quantitative estimate of drug-likeness (QED) is 0.777. The van der Waals surface area contributed by atoms with Crippen LogP contribution in [0.25, 0.3) is 0 Å². The van der Waals surface area contributed by atoms with Crippen LogP contribution in [0.1, 0.15) is 13.3 Å². The molecule has 2 rings (SSSR count). The van der Waals surface area contributed by atoms with Gasteiger partial charge in [-0.3, -0.25) is 4.79 Å². The molecule has 1 heterocycles. The van der Waals surface area contributed by atoms with E-state index in [1.54, 1.807) is 0 Å². The lowest BCUT2D eigenvalue weighted by Crippen LogP contribution is -2.53. The summed E-state index contributed by atoms with van der Waals surface area (Å²) in [6, 6.07) is 4.83. The first-order valence-corrected chi connectivity index (χ1v) is 9.12. The normalized spacial score (nSPS) is 19.2. The van der Waals surface area contributed by atoms with Crippen LogP contribution in [0.5, 0.6) is 0 Å². The van der Waals surface area contributed by atoms with Gasteiger partial charge in [-0.1, -0.05) is 12.1 Å². The van der Waals surface area contributed by atoms with E-state index in [2.05, 4.69) is 0 Å². The van der Waals surface area contributed by atoms with Crippen molar-refractivity contribution < 1.29 is 35.9 Å². The van der Waals surface area contributed by atoms with Crippen molar-refractivity contribution in [2.75, 3.05) is 26.2 Å². The Bertz CT molecular complexity index is 772. The molecular weight excluding hydrogens is 380 g/mol. The maximum atomic E-state index is 13.7. The van der Waals surface area contributed by atoms with Crippen LogP contribution < -0.4 is 0 Å². The predicted octanol–water partition coefficient (Wildman–Crippen LogP) is 1.36. The highest BCUT2D eigenvalue weighted by Gasteiger charge is 2.51. The molecule has 1 N–H and O–H groups in total. The summed E-state index contributed by atoms with van der Waals surface area (Å²) in [5.74, 6) is -1.84. The average Bonchev–Trinajstić information content (AvgIpc) is 2.53. The van der Waals surface area contributed by atoms with Crippen LogP contribution in [-0.4, -0.2) is 66.6 Å². The standard InChI is InChI=1S/C15H18F4N2O4S/c1-14(23,15(17,18)19)10-13(22)20-6-8-21(9-7-20)26(24,25)12-5-3-2-4-11(12)16/h2-5,23H,6-10H2,1H3/t14-/m1/s1. The minimum absolute atomic E-state index is 0.152. The Morgan fingerprint density at radius 2 is 1.69 bits per heavy atom. The zero-order valence-electron chi connectivity index (χ0n) is 13.8. The van der Waals surface area contributed by atoms with Gasteiger partial charge in [-0.2, -0.15) is 17.5 Å². The van der Waals surface area contributed by atoms with Gasteiger partial charge in [0.1, 0.15) is 10.7 Å². The maximum absolute atomic E-state index is 13.7. The summed E-state index contributed by atoms with van der Waals surface area (Å²) in [4.78, 5) is 12.5. The molecule has 1 aliphatic rings. The summed E-state index contributed by atoms with van der Waals surface area (Å²) in [5.41, 5.74) is -3.17. The van der Waals surface area contributed by atoms with Crippen molar-refractivity contribution in [2.45, 2.75) is 30.0 Å². The number of halogens is 4. The summed E-state index contributed by atoms with van der Waals surface area (Å²) in [7, 11) is -4.11. The van der Waals surface area contributed by atoms with Crippen LogP contribution >= 0.6 is 0 Å². The predicted molar refractivity (Wildman–Crippen MR) is 83.0 cm³/mol. The molecule has 11 heteroatoms. The highest BCUT2D eigenvalue weighted by molar-refractivity contribution is 7.89. The van der Waals surface area contributed by atoms with Gasteiger partial charge in [0.2, 0.25) is 15.9 Å². The van der Waals surface area contributed by atoms with E-state index >= 15 is 0 Å². The van der Waals surface area contributed by atoms with E-state index in [4.69, 9.17) is 0 Å². The second-order valence-corrected chi connectivity index (χ2v) is 8.07. The van der Waals surface area contributed by atoms with Gasteiger partial charge in [0.25, 0.3) is 0 Å². The molecule has 1 saturated heterocycles. The minimum Gasteiger partial charge on any atom is -0.380 e. The Kier molecular flexibility index (Phi) is 5.64. The van der Waals surface area contributed by atoms with Crippen LogP contribution in [0, 0.1) is 5.82 Å². The highest BCUT2D eigenvalue weighted by Crippen LogP contribution is 2.33. The van der Waals surface area contributed by atoms with Gasteiger partial charge in [0, 0.05) is 26.2 Å². The van der Waals surface area contributed by atoms with Gasteiger partial charge in [-0.15, -0.1) is 0 Å². The number of rotatable bonds is 4. The molecule has 0 spiro atoms. The third-order valence-corrected chi connectivity index (χ3v) is 6.08. The molecule has 6 nitrogen and oxygen atoms in total. The number of piperazine rings is 1. The third-order valence-electron chi connectivity index (χ3n) is 4.15. The first-order valence-electron chi connectivity index (χ1n) is 7.68. The lowest BCUT2D eigenvalue weighted by Gasteiger charge is -2.35. The van der Waals surface area contributed by atoms with E-state index < -0.39 is 44.8 Å². The molecule has 1 atom stereocenters. The molecule has 26 heavy (non-hydrogen) atoms. The summed E-state index contributed by atoms with van der Waals surface area (Å²) >= 11 is 0. The number of carbonyl (C=O) groups is 1. The van der Waals surface area contributed by atoms with Crippen molar-refractivity contribution in [1.82, 2.24) is 9.21 Å². The molecule has 1 aromatic carbocycles. The van der Waals surface area contributed by atoms with Crippen molar-refractivity contribution in [3.63, 3.8) is 0 Å². The van der Waals surface area contributed by atoms with Crippen LogP contribution in [0.3, 0.4) is 0 Å². The van der Waals surface area contributed by atoms with Crippen molar-refractivity contribution >= 4 is 15.9 Å². The number of aliphatic hydroxyl groups is 1. The van der Waals surface area contributed by atoms with Gasteiger partial charge in [0.15, 0.2) is 5.60 Å². The van der Waals surface area contributed by atoms with Crippen LogP contribution in [0.4, 0.5) is 17.6 Å². The summed E-state index contributed by atoms with van der Waals surface area (Å²) in [6.07, 6.45) is -6.12. The molecule has 0 aromatic heterocycles. The Labute approximate surface area is 148 Å². The Hall–Kier alpha value is -1.72. The molecule has 146 valence electrons. The number of hydrogen-bond acceptors (Lipinski definition) is 4. The molecule has 1 aromatic rings. The topological polar surface area (TPSA) is 77.9 Å². The molecule has 0 radical (unpaired) electrons. The van der Waals surface area contributed by atoms with Gasteiger partial charge in [-0.25, -0.2) is 12.8 Å². The third kappa shape index (κ3) is 4.15. The average molecular weight is 398 g/mol. The van der Waals surface area contributed by atoms with E-state index in [9.17, 15) is 35.9 Å². The first kappa shape index (κ1) is 20.6. The second-order valence-electron chi connectivity index (χ2n) is 6.16. The lowest BCUT2D eigenvalue weighted by atomic mass is 10.0. The zero-order valence-corrected chi connectivity index (χ0v) is 14.6. The smallest absolute Gasteiger partial charge is 0.380 e. The fourth-order valence-electron chi connectivity index (χ4n) is 2.48. The lowest BCUT2D eigenvalue weighted by molar-refractivity contribution is -0.254. The minimum atomic E-state index is -4.96. The van der Waals surface area contributed by atoms with Crippen LogP contribution in [0.15, 0.2) is 29.2 Å². The Morgan fingerprint density at radius 3 is 2.19 bits per heavy atom. The SMILES string of the molecule is C[C@@](O)(CC(=O)N1CCN(S(=O)(=O)c2ccccc2F)CC1)C(F)(F)F. The van der Waals surface area contributed by atoms with Crippen molar-refractivity contribution in [1.29, 1.82) is 0 Å². The Balaban J connectivity index is 2.03. The van der Waals surface area contributed by atoms with Gasteiger partial charge < -0.3 is 10.0 Å². The molecule has 0 aliphatic carbocycles. The van der Waals surface area contributed by atoms with Crippen LogP contribution in [0.2, 0.25) is 0 Å². The largest absolute Gasteiger partial charge is 0.417 e. The summed E-state index contributed by atoms with van der Waals surface area (Å²) in [6.45, 7) is -0.169. The summed E-state index contributed by atoms with van der Waals surface area (Å²) < 4.78 is 77.6. The Morgan fingerprint density at radius 1 is 1.15 bits per heavy atom. The van der Waals surface area contributed by atoms with Crippen LogP contribution in [-0.2, 0) is 14.8 Å². The molecule has 0 saturated carbocycles. The second kappa shape index (κ2) is 7.12. The zero-order chi connectivity index (χ0) is 19.8. The molecular formula is C15H18F4N2O4S. The number of benzene rings is 1. The number of alkyl halides is 3. The van der Waals surface area contributed by atoms with E-state index in [0.29, 0.717) is 6.92 Å². The number of nitrogens with zero attached hydrogens (tertiary/aromatic N) is 2. The number of sulfonamides is 1. The molecule has 0 bridgehead atoms. The van der Waals surface area contributed by atoms with Crippen molar-refractivity contribution in [3.05, 3.63) is 30.1 Å². The molecule has 0 unspecified atom stereocenters. The fraction of sp³-hybridized carbons (Fsp3) is 0.533. The van der Waals surface area contributed by atoms with E-state index in [1.807, 2.05) is 0 Å². The summed E-state index contributed by atoms with van der Waals surface area (Å²) in [5, 5.41) is 9.39. The monoisotopic (exact) mass is 398 g/mol. The molecule has 1 aliphatic heterocycles. The number of amides is 1. The van der Waals surface area contributed by atoms with E-state index in [0.717, 1.165) is 21.3 Å².